The number of fused-ring (bicyclic) bond motifs is 3. The first-order valence-electron chi connectivity index (χ1n) is 13.7. The number of hydrogen-bond donors (Lipinski definition) is 1. The Labute approximate surface area is 234 Å². The van der Waals surface area contributed by atoms with Crippen LogP contribution in [0.4, 0.5) is 32.0 Å². The minimum Gasteiger partial charge on any atom is -0.481 e. The third-order valence-corrected chi connectivity index (χ3v) is 9.46. The Bertz CT molecular complexity index is 1350. The summed E-state index contributed by atoms with van der Waals surface area (Å²) in [7, 11) is 1.63. The van der Waals surface area contributed by atoms with E-state index in [9.17, 15) is 36.6 Å². The fourth-order valence-corrected chi connectivity index (χ4v) is 6.96. The molecular weight excluding hydrogens is 550 g/mol. The number of amides is 1. The van der Waals surface area contributed by atoms with Crippen LogP contribution in [0.25, 0.3) is 0 Å². The number of likely N-dealkylation sites (N-methyl/N-ethyl adjacent to an activating group) is 1. The third kappa shape index (κ3) is 4.84. The zero-order chi connectivity index (χ0) is 30.0. The van der Waals surface area contributed by atoms with Crippen LogP contribution in [0.3, 0.4) is 0 Å². The maximum absolute atomic E-state index is 16.1. The topological polar surface area (TPSA) is 60.9 Å². The Morgan fingerprint density at radius 2 is 1.73 bits per heavy atom. The maximum Gasteiger partial charge on any atom is 0.426 e. The number of benzene rings is 2. The number of rotatable bonds is 5. The van der Waals surface area contributed by atoms with Crippen molar-refractivity contribution in [1.82, 2.24) is 4.90 Å². The lowest BCUT2D eigenvalue weighted by atomic mass is 9.66. The van der Waals surface area contributed by atoms with E-state index in [0.29, 0.717) is 30.2 Å². The zero-order valence-corrected chi connectivity index (χ0v) is 22.8. The van der Waals surface area contributed by atoms with E-state index in [1.54, 1.807) is 24.1 Å². The Morgan fingerprint density at radius 1 is 1.05 bits per heavy atom. The zero-order valence-electron chi connectivity index (χ0n) is 22.8. The van der Waals surface area contributed by atoms with Crippen molar-refractivity contribution in [2.24, 2.45) is 5.92 Å². The Kier molecular flexibility index (Phi) is 7.10. The monoisotopic (exact) mass is 582 g/mol. The van der Waals surface area contributed by atoms with Gasteiger partial charge in [0, 0.05) is 36.8 Å². The number of hydrogen-bond acceptors (Lipinski definition) is 3. The molecule has 3 aliphatic rings. The first kappa shape index (κ1) is 29.3. The van der Waals surface area contributed by atoms with Gasteiger partial charge in [-0.05, 0) is 74.8 Å². The lowest BCUT2D eigenvalue weighted by Gasteiger charge is -2.48. The van der Waals surface area contributed by atoms with Gasteiger partial charge in [0.25, 0.3) is 5.91 Å². The summed E-state index contributed by atoms with van der Waals surface area (Å²) >= 11 is 0. The fraction of sp³-hybridized carbons (Fsp3) is 0.533. The normalized spacial score (nSPS) is 29.5. The lowest BCUT2D eigenvalue weighted by molar-refractivity contribution is -0.228. The highest BCUT2D eigenvalue weighted by molar-refractivity contribution is 5.87. The van der Waals surface area contributed by atoms with E-state index in [1.165, 1.54) is 29.2 Å². The average Bonchev–Trinajstić information content (AvgIpc) is 3.26. The van der Waals surface area contributed by atoms with Gasteiger partial charge in [-0.2, -0.15) is 13.2 Å². The van der Waals surface area contributed by atoms with Crippen LogP contribution in [0.5, 0.6) is 0 Å². The second-order valence-electron chi connectivity index (χ2n) is 11.9. The SMILES string of the molecule is CN1CC2N(C(=O)[C@]3(F)CC[C@@H](C(=O)O)CC3)CCC2(Cc2cccc(F)c2)c2ccc(C(C)(F)C(F)(F)F)cc21. The van der Waals surface area contributed by atoms with Crippen LogP contribution in [0.15, 0.2) is 42.5 Å². The molecule has 41 heavy (non-hydrogen) atoms. The Balaban J connectivity index is 1.56. The van der Waals surface area contributed by atoms with E-state index >= 15 is 4.39 Å². The standard InChI is InChI=1S/C30H32F6N2O3/c1-27(32,30(34,35)36)20-6-7-22-23(15-20)37(2)17-24-28(22,16-18-4-3-5-21(31)14-18)12-13-38(24)26(41)29(33)10-8-19(9-11-29)25(39)40/h3-7,14-15,19,24H,8-13,16-17H2,1-2H3,(H,39,40)/t19-,24?,27?,28?,29+. The summed E-state index contributed by atoms with van der Waals surface area (Å²) < 4.78 is 85.9. The molecule has 0 aromatic heterocycles. The van der Waals surface area contributed by atoms with Gasteiger partial charge in [-0.3, -0.25) is 9.59 Å². The van der Waals surface area contributed by atoms with Crippen LogP contribution in [0.2, 0.25) is 0 Å². The Morgan fingerprint density at radius 3 is 2.34 bits per heavy atom. The molecule has 1 aliphatic carbocycles. The molecule has 3 unspecified atom stereocenters. The number of carboxylic acid groups (broad SMARTS) is 1. The summed E-state index contributed by atoms with van der Waals surface area (Å²) in [5.41, 5.74) is -5.72. The number of carboxylic acids is 1. The molecule has 2 fully saturated rings. The molecule has 2 aliphatic heterocycles. The second kappa shape index (κ2) is 9.94. The molecule has 1 saturated carbocycles. The number of halogens is 6. The molecule has 3 atom stereocenters. The Hall–Kier alpha value is -3.24. The van der Waals surface area contributed by atoms with Crippen molar-refractivity contribution in [3.05, 3.63) is 65.0 Å². The number of likely N-dealkylation sites (tertiary alicyclic amines) is 1. The van der Waals surface area contributed by atoms with E-state index in [4.69, 9.17) is 0 Å². The lowest BCUT2D eigenvalue weighted by Crippen LogP contribution is -2.59. The van der Waals surface area contributed by atoms with E-state index in [1.807, 2.05) is 0 Å². The molecule has 2 aromatic carbocycles. The smallest absolute Gasteiger partial charge is 0.426 e. The van der Waals surface area contributed by atoms with E-state index in [-0.39, 0.29) is 45.2 Å². The van der Waals surface area contributed by atoms with Crippen LogP contribution in [0, 0.1) is 11.7 Å². The van der Waals surface area contributed by atoms with Crippen LogP contribution >= 0.6 is 0 Å². The van der Waals surface area contributed by atoms with Gasteiger partial charge in [0.1, 0.15) is 5.82 Å². The van der Waals surface area contributed by atoms with Gasteiger partial charge >= 0.3 is 12.1 Å². The van der Waals surface area contributed by atoms with Crippen molar-refractivity contribution in [2.75, 3.05) is 25.0 Å². The minimum absolute atomic E-state index is 0.0389. The summed E-state index contributed by atoms with van der Waals surface area (Å²) in [4.78, 5) is 28.3. The highest BCUT2D eigenvalue weighted by Gasteiger charge is 2.58. The predicted molar refractivity (Wildman–Crippen MR) is 140 cm³/mol. The molecule has 1 amide bonds. The highest BCUT2D eigenvalue weighted by atomic mass is 19.4. The maximum atomic E-state index is 16.1. The van der Waals surface area contributed by atoms with Gasteiger partial charge < -0.3 is 14.9 Å². The molecule has 222 valence electrons. The molecule has 2 aromatic rings. The molecule has 2 heterocycles. The van der Waals surface area contributed by atoms with Crippen LogP contribution in [-0.4, -0.2) is 59.9 Å². The van der Waals surface area contributed by atoms with Crippen molar-refractivity contribution in [3.8, 4) is 0 Å². The molecule has 0 radical (unpaired) electrons. The van der Waals surface area contributed by atoms with Gasteiger partial charge in [-0.15, -0.1) is 0 Å². The third-order valence-electron chi connectivity index (χ3n) is 9.46. The van der Waals surface area contributed by atoms with Crippen molar-refractivity contribution >= 4 is 17.6 Å². The minimum atomic E-state index is -5.14. The van der Waals surface area contributed by atoms with Gasteiger partial charge in [-0.1, -0.05) is 24.3 Å². The number of carbonyl (C=O) groups excluding carboxylic acids is 1. The molecule has 0 bridgehead atoms. The van der Waals surface area contributed by atoms with Crippen molar-refractivity contribution in [3.63, 3.8) is 0 Å². The first-order chi connectivity index (χ1) is 19.1. The van der Waals surface area contributed by atoms with Gasteiger partial charge in [0.2, 0.25) is 5.67 Å². The first-order valence-corrected chi connectivity index (χ1v) is 13.7. The van der Waals surface area contributed by atoms with Gasteiger partial charge in [0.15, 0.2) is 5.67 Å². The predicted octanol–water partition coefficient (Wildman–Crippen LogP) is 6.09. The molecule has 5 rings (SSSR count). The van der Waals surface area contributed by atoms with Crippen LogP contribution in [-0.2, 0) is 27.1 Å². The van der Waals surface area contributed by atoms with Crippen molar-refractivity contribution < 1.29 is 41.0 Å². The molecule has 0 spiro atoms. The molecule has 5 nitrogen and oxygen atoms in total. The van der Waals surface area contributed by atoms with Crippen LogP contribution in [0.1, 0.15) is 55.7 Å². The molecular formula is C30H32F6N2O3. The molecule has 11 heteroatoms. The highest BCUT2D eigenvalue weighted by Crippen LogP contribution is 2.53. The van der Waals surface area contributed by atoms with E-state index in [2.05, 4.69) is 0 Å². The number of anilines is 1. The summed E-state index contributed by atoms with van der Waals surface area (Å²) in [6.07, 6.45) is -4.93. The van der Waals surface area contributed by atoms with Crippen molar-refractivity contribution in [2.45, 2.75) is 74.4 Å². The van der Waals surface area contributed by atoms with Crippen LogP contribution < -0.4 is 4.90 Å². The number of alkyl halides is 5. The average molecular weight is 583 g/mol. The number of aliphatic carboxylic acids is 1. The summed E-state index contributed by atoms with van der Waals surface area (Å²) in [6, 6.07) is 9.04. The van der Waals surface area contributed by atoms with Crippen molar-refractivity contribution in [1.29, 1.82) is 0 Å². The number of carbonyl (C=O) groups is 2. The summed E-state index contributed by atoms with van der Waals surface area (Å²) in [6.45, 7) is 0.768. The molecule has 1 N–H and O–H groups in total. The van der Waals surface area contributed by atoms with E-state index in [0.717, 1.165) is 6.07 Å². The largest absolute Gasteiger partial charge is 0.481 e. The van der Waals surface area contributed by atoms with E-state index < -0.39 is 58.1 Å². The quantitative estimate of drug-likeness (QED) is 0.434. The summed E-state index contributed by atoms with van der Waals surface area (Å²) in [5.74, 6) is -2.93. The van der Waals surface area contributed by atoms with Gasteiger partial charge in [0.05, 0.1) is 12.0 Å². The number of nitrogens with zero attached hydrogens (tertiary/aromatic N) is 2. The van der Waals surface area contributed by atoms with Gasteiger partial charge in [-0.25, -0.2) is 13.2 Å². The molecule has 1 saturated heterocycles. The second-order valence-corrected chi connectivity index (χ2v) is 11.9. The fourth-order valence-electron chi connectivity index (χ4n) is 6.96. The summed E-state index contributed by atoms with van der Waals surface area (Å²) in [5, 5.41) is 9.31.